The van der Waals surface area contributed by atoms with Crippen LogP contribution in [0.1, 0.15) is 52.1 Å². The minimum Gasteiger partial charge on any atom is -0.444 e. The summed E-state index contributed by atoms with van der Waals surface area (Å²) in [4.78, 5) is 25.3. The van der Waals surface area contributed by atoms with Gasteiger partial charge in [-0.1, -0.05) is 12.1 Å². The average molecular weight is 410 g/mol. The highest BCUT2D eigenvalue weighted by atomic mass is 16.6. The molecular formula is C23H31N5O2. The highest BCUT2D eigenvalue weighted by molar-refractivity contribution is 6.09. The van der Waals surface area contributed by atoms with Crippen molar-refractivity contribution >= 4 is 28.9 Å². The van der Waals surface area contributed by atoms with E-state index in [1.165, 1.54) is 6.20 Å². The Kier molecular flexibility index (Phi) is 7.03. The highest BCUT2D eigenvalue weighted by Gasteiger charge is 2.30. The van der Waals surface area contributed by atoms with E-state index in [2.05, 4.69) is 20.3 Å². The van der Waals surface area contributed by atoms with Crippen LogP contribution in [0.25, 0.3) is 16.6 Å². The summed E-state index contributed by atoms with van der Waals surface area (Å²) in [5, 5.41) is 2.93. The second-order valence-corrected chi connectivity index (χ2v) is 8.72. The van der Waals surface area contributed by atoms with Gasteiger partial charge >= 0.3 is 6.09 Å². The van der Waals surface area contributed by atoms with Crippen LogP contribution >= 0.6 is 0 Å². The van der Waals surface area contributed by atoms with E-state index in [9.17, 15) is 4.79 Å². The van der Waals surface area contributed by atoms with Crippen molar-refractivity contribution in [3.63, 3.8) is 0 Å². The molecule has 1 aliphatic rings. The summed E-state index contributed by atoms with van der Waals surface area (Å²) in [5.41, 5.74) is 8.48. The Bertz CT molecular complexity index is 927. The predicted molar refractivity (Wildman–Crippen MR) is 120 cm³/mol. The number of rotatable bonds is 7. The Morgan fingerprint density at radius 3 is 2.73 bits per heavy atom. The molecule has 1 saturated carbocycles. The zero-order chi connectivity index (χ0) is 21.6. The second kappa shape index (κ2) is 9.69. The van der Waals surface area contributed by atoms with E-state index in [0.717, 1.165) is 54.5 Å². The minimum absolute atomic E-state index is 0.228. The summed E-state index contributed by atoms with van der Waals surface area (Å²) < 4.78 is 5.29. The fraction of sp³-hybridized carbons (Fsp3) is 0.478. The normalized spacial score (nSPS) is 19.6. The molecule has 1 fully saturated rings. The molecule has 0 atom stereocenters. The highest BCUT2D eigenvalue weighted by Crippen LogP contribution is 2.31. The molecule has 1 aromatic heterocycles. The fourth-order valence-electron chi connectivity index (χ4n) is 3.49. The van der Waals surface area contributed by atoms with Crippen LogP contribution in [0, 0.1) is 5.92 Å². The number of benzene rings is 1. The lowest BCUT2D eigenvalue weighted by Crippen LogP contribution is -2.46. The molecule has 0 aliphatic heterocycles. The Hall–Kier alpha value is -2.96. The number of alkyl carbamates (subject to hydrolysis) is 1. The van der Waals surface area contributed by atoms with Gasteiger partial charge in [0.15, 0.2) is 0 Å². The maximum absolute atomic E-state index is 11.8. The topological polar surface area (TPSA) is 102 Å². The van der Waals surface area contributed by atoms with Crippen LogP contribution in [-0.4, -0.2) is 40.5 Å². The fourth-order valence-corrected chi connectivity index (χ4v) is 3.49. The molecule has 1 aromatic carbocycles. The Morgan fingerprint density at radius 1 is 1.30 bits per heavy atom. The molecule has 0 bridgehead atoms. The molecule has 1 amide bonds. The van der Waals surface area contributed by atoms with E-state index in [4.69, 9.17) is 10.5 Å². The largest absolute Gasteiger partial charge is 0.444 e. The average Bonchev–Trinajstić information content (AvgIpc) is 2.66. The van der Waals surface area contributed by atoms with Gasteiger partial charge in [0, 0.05) is 30.6 Å². The molecule has 30 heavy (non-hydrogen) atoms. The van der Waals surface area contributed by atoms with Crippen molar-refractivity contribution in [2.75, 3.05) is 6.54 Å². The number of allylic oxidation sites excluding steroid dienone is 1. The lowest BCUT2D eigenvalue weighted by atomic mass is 9.77. The maximum Gasteiger partial charge on any atom is 0.407 e. The van der Waals surface area contributed by atoms with E-state index in [1.54, 1.807) is 12.4 Å². The van der Waals surface area contributed by atoms with Gasteiger partial charge in [-0.3, -0.25) is 9.98 Å². The summed E-state index contributed by atoms with van der Waals surface area (Å²) in [6.45, 7) is 6.34. The molecule has 160 valence electrons. The van der Waals surface area contributed by atoms with Crippen LogP contribution in [0.3, 0.4) is 0 Å². The van der Waals surface area contributed by atoms with Gasteiger partial charge in [-0.05, 0) is 64.5 Å². The number of para-hydroxylation sites is 2. The van der Waals surface area contributed by atoms with Gasteiger partial charge in [-0.2, -0.15) is 0 Å². The van der Waals surface area contributed by atoms with Crippen LogP contribution < -0.4 is 11.1 Å². The summed E-state index contributed by atoms with van der Waals surface area (Å²) >= 11 is 0. The maximum atomic E-state index is 11.8. The van der Waals surface area contributed by atoms with Gasteiger partial charge in [0.05, 0.1) is 22.9 Å². The first-order valence-electron chi connectivity index (χ1n) is 10.5. The number of hydrogen-bond acceptors (Lipinski definition) is 6. The molecule has 7 heteroatoms. The molecule has 1 aliphatic carbocycles. The number of hydrogen-bond donors (Lipinski definition) is 2. The second-order valence-electron chi connectivity index (χ2n) is 8.72. The van der Waals surface area contributed by atoms with E-state index >= 15 is 0 Å². The number of carbonyl (C=O) groups excluding carboxylic acids is 1. The van der Waals surface area contributed by atoms with Gasteiger partial charge in [0.25, 0.3) is 0 Å². The standard InChI is InChI=1S/C23H31N5O2/c1-23(2,3)30-22(29)27-18-11-16(12-18)7-6-10-25-14-17(13-24)21-15-26-19-8-4-5-9-20(19)28-21/h4-5,8-9,13-16,18H,6-7,10-12,24H2,1-3H3,(H,27,29). The zero-order valence-corrected chi connectivity index (χ0v) is 18.0. The van der Waals surface area contributed by atoms with Gasteiger partial charge < -0.3 is 15.8 Å². The number of ether oxygens (including phenoxy) is 1. The van der Waals surface area contributed by atoms with Gasteiger partial charge in [-0.15, -0.1) is 0 Å². The van der Waals surface area contributed by atoms with E-state index in [-0.39, 0.29) is 12.1 Å². The predicted octanol–water partition coefficient (Wildman–Crippen LogP) is 4.08. The number of nitrogens with one attached hydrogen (secondary N) is 1. The number of carbonyl (C=O) groups is 1. The molecule has 0 spiro atoms. The lowest BCUT2D eigenvalue weighted by molar-refractivity contribution is 0.0449. The minimum atomic E-state index is -0.458. The quantitative estimate of drug-likeness (QED) is 0.530. The molecule has 7 nitrogen and oxygen atoms in total. The number of aromatic nitrogens is 2. The van der Waals surface area contributed by atoms with Gasteiger partial charge in [0.2, 0.25) is 0 Å². The van der Waals surface area contributed by atoms with Crippen LogP contribution in [0.15, 0.2) is 41.7 Å². The number of aliphatic imine (C=N–C) groups is 1. The number of nitrogens with two attached hydrogens (primary N) is 1. The van der Waals surface area contributed by atoms with Crippen molar-refractivity contribution in [1.29, 1.82) is 0 Å². The van der Waals surface area contributed by atoms with Crippen LogP contribution in [0.5, 0.6) is 0 Å². The van der Waals surface area contributed by atoms with Crippen LogP contribution in [0.4, 0.5) is 4.79 Å². The zero-order valence-electron chi connectivity index (χ0n) is 18.0. The molecule has 1 heterocycles. The van der Waals surface area contributed by atoms with Crippen molar-refractivity contribution in [3.05, 3.63) is 42.4 Å². The van der Waals surface area contributed by atoms with Gasteiger partial charge in [-0.25, -0.2) is 9.78 Å². The first-order chi connectivity index (χ1) is 14.3. The van der Waals surface area contributed by atoms with E-state index in [1.807, 2.05) is 45.0 Å². The monoisotopic (exact) mass is 409 g/mol. The van der Waals surface area contributed by atoms with E-state index in [0.29, 0.717) is 5.92 Å². The molecule has 0 saturated heterocycles. The summed E-state index contributed by atoms with van der Waals surface area (Å²) in [5.74, 6) is 0.635. The van der Waals surface area contributed by atoms with Crippen LogP contribution in [0.2, 0.25) is 0 Å². The van der Waals surface area contributed by atoms with Crippen LogP contribution in [-0.2, 0) is 4.74 Å². The Balaban J connectivity index is 1.37. The van der Waals surface area contributed by atoms with Crippen molar-refractivity contribution in [3.8, 4) is 0 Å². The number of nitrogens with zero attached hydrogens (tertiary/aromatic N) is 3. The summed E-state index contributed by atoms with van der Waals surface area (Å²) in [6.07, 6.45) is 8.79. The van der Waals surface area contributed by atoms with Crippen molar-refractivity contribution in [1.82, 2.24) is 15.3 Å². The molecule has 3 N–H and O–H groups in total. The van der Waals surface area contributed by atoms with E-state index < -0.39 is 5.60 Å². The molecular weight excluding hydrogens is 378 g/mol. The SMILES string of the molecule is CC(C)(C)OC(=O)NC1CC(CCCN=CC(=CN)c2cnc3ccccc3n2)C1. The van der Waals surface area contributed by atoms with Crippen molar-refractivity contribution < 1.29 is 9.53 Å². The third-order valence-corrected chi connectivity index (χ3v) is 5.01. The smallest absolute Gasteiger partial charge is 0.407 e. The summed E-state index contributed by atoms with van der Waals surface area (Å²) in [6, 6.07) is 7.97. The molecule has 0 unspecified atom stereocenters. The number of fused-ring (bicyclic) bond motifs is 1. The third kappa shape index (κ3) is 6.27. The van der Waals surface area contributed by atoms with Crippen molar-refractivity contribution in [2.45, 2.75) is 58.1 Å². The molecule has 2 aromatic rings. The Labute approximate surface area is 177 Å². The Morgan fingerprint density at radius 2 is 2.03 bits per heavy atom. The molecule has 3 rings (SSSR count). The first-order valence-corrected chi connectivity index (χ1v) is 10.5. The summed E-state index contributed by atoms with van der Waals surface area (Å²) in [7, 11) is 0. The molecule has 0 radical (unpaired) electrons. The first kappa shape index (κ1) is 21.7. The van der Waals surface area contributed by atoms with Crippen molar-refractivity contribution in [2.24, 2.45) is 16.6 Å². The van der Waals surface area contributed by atoms with Gasteiger partial charge in [0.1, 0.15) is 5.60 Å². The lowest BCUT2D eigenvalue weighted by Gasteiger charge is -2.36. The third-order valence-electron chi connectivity index (χ3n) is 5.01. The number of amides is 1.